The quantitative estimate of drug-likeness (QED) is 0.0783. The number of benzene rings is 6. The summed E-state index contributed by atoms with van der Waals surface area (Å²) >= 11 is 0. The number of hydrogen-bond acceptors (Lipinski definition) is 6. The Bertz CT molecular complexity index is 2960. The van der Waals surface area contributed by atoms with Crippen molar-refractivity contribution in [3.8, 4) is 0 Å². The van der Waals surface area contributed by atoms with Crippen molar-refractivity contribution in [2.24, 2.45) is 0 Å². The van der Waals surface area contributed by atoms with E-state index in [9.17, 15) is 52.8 Å². The molecule has 0 atom stereocenters. The molecule has 0 saturated carbocycles. The maximum absolute atomic E-state index is 13.4. The van der Waals surface area contributed by atoms with Gasteiger partial charge >= 0.3 is 24.3 Å². The first-order valence-electron chi connectivity index (χ1n) is 20.4. The van der Waals surface area contributed by atoms with E-state index in [2.05, 4.69) is 9.44 Å². The number of carboxylic acid groups (broad SMARTS) is 2. The number of alkyl halides is 6. The molecule has 0 heterocycles. The summed E-state index contributed by atoms with van der Waals surface area (Å²) in [5.41, 5.74) is 5.08. The topological polar surface area (TPSA) is 167 Å². The molecule has 6 aromatic rings. The van der Waals surface area contributed by atoms with Crippen LogP contribution in [0.25, 0.3) is 0 Å². The number of rotatable bonds is 14. The summed E-state index contributed by atoms with van der Waals surface area (Å²) < 4.78 is 136. The second-order valence-electron chi connectivity index (χ2n) is 15.7. The number of nitrogens with one attached hydrogen (secondary N) is 2. The molecular formula is C49H46F6N2O8S2. The van der Waals surface area contributed by atoms with E-state index in [0.29, 0.717) is 35.4 Å². The van der Waals surface area contributed by atoms with Gasteiger partial charge in [0.05, 0.1) is 43.4 Å². The van der Waals surface area contributed by atoms with Crippen LogP contribution in [0.2, 0.25) is 0 Å². The van der Waals surface area contributed by atoms with E-state index < -0.39 is 60.4 Å². The number of aryl methyl sites for hydroxylation is 4. The van der Waals surface area contributed by atoms with E-state index in [1.54, 1.807) is 54.6 Å². The number of anilines is 2. The van der Waals surface area contributed by atoms with Crippen LogP contribution in [-0.4, -0.2) is 39.0 Å². The highest BCUT2D eigenvalue weighted by atomic mass is 32.2. The molecule has 0 spiro atoms. The smallest absolute Gasteiger partial charge is 0.416 e. The van der Waals surface area contributed by atoms with Crippen molar-refractivity contribution in [3.63, 3.8) is 0 Å². The molecule has 0 saturated heterocycles. The van der Waals surface area contributed by atoms with Gasteiger partial charge in [-0.3, -0.25) is 9.44 Å². The van der Waals surface area contributed by atoms with Gasteiger partial charge in [0.1, 0.15) is 0 Å². The first-order valence-corrected chi connectivity index (χ1v) is 23.4. The predicted octanol–water partition coefficient (Wildman–Crippen LogP) is 11.5. The van der Waals surface area contributed by atoms with Crippen LogP contribution in [0.5, 0.6) is 0 Å². The molecule has 10 nitrogen and oxygen atoms in total. The third kappa shape index (κ3) is 12.8. The van der Waals surface area contributed by atoms with Crippen molar-refractivity contribution in [1.29, 1.82) is 0 Å². The summed E-state index contributed by atoms with van der Waals surface area (Å²) in [6, 6.07) is 26.2. The van der Waals surface area contributed by atoms with Crippen LogP contribution in [0.3, 0.4) is 0 Å². The van der Waals surface area contributed by atoms with Crippen molar-refractivity contribution < 1.29 is 63.0 Å². The summed E-state index contributed by atoms with van der Waals surface area (Å²) in [6.07, 6.45) is -8.49. The van der Waals surface area contributed by atoms with Crippen molar-refractivity contribution in [1.82, 2.24) is 0 Å². The Hall–Kier alpha value is -6.66. The zero-order valence-electron chi connectivity index (χ0n) is 36.7. The van der Waals surface area contributed by atoms with E-state index in [0.717, 1.165) is 44.5 Å². The van der Waals surface area contributed by atoms with Crippen LogP contribution in [0.15, 0.2) is 125 Å². The van der Waals surface area contributed by atoms with Gasteiger partial charge < -0.3 is 10.2 Å². The highest BCUT2D eigenvalue weighted by Crippen LogP contribution is 2.38. The summed E-state index contributed by atoms with van der Waals surface area (Å²) in [5.74, 6) is -2.05. The van der Waals surface area contributed by atoms with Crippen LogP contribution in [0.4, 0.5) is 37.7 Å². The molecule has 354 valence electrons. The standard InChI is InChI=1S/C26H29NO4S.C23H17F6NO4S/c1-16-17(2)19(4)25(20(5)18(16)3)32(30,31)27-24-9-7-6-8-22(24)13-10-21-11-14-23(15-12-21)26(28)29;24-22(25,26)17-11-18(23(27,28)29)13-19(12-17)35(33,34)30-20-4-2-1-3-15(20)8-5-14-6-9-16(10-7-14)21(31)32/h6-9,11-12,14-15,27H,10,13H2,1-5H3,(H,28,29);1-4,6-7,9-13,30H,5,8H2,(H,31,32). The Morgan fingerprint density at radius 2 is 0.821 bits per heavy atom. The lowest BCUT2D eigenvalue weighted by molar-refractivity contribution is -0.143. The summed E-state index contributed by atoms with van der Waals surface area (Å²) in [4.78, 5) is 21.1. The molecule has 0 radical (unpaired) electrons. The Kier molecular flexibility index (Phi) is 15.7. The molecule has 0 unspecified atom stereocenters. The highest BCUT2D eigenvalue weighted by Gasteiger charge is 2.38. The molecule has 0 aliphatic rings. The molecule has 18 heteroatoms. The number of para-hydroxylation sites is 2. The van der Waals surface area contributed by atoms with Gasteiger partial charge in [0.2, 0.25) is 0 Å². The van der Waals surface area contributed by atoms with E-state index in [4.69, 9.17) is 10.2 Å². The van der Waals surface area contributed by atoms with Gasteiger partial charge in [-0.25, -0.2) is 26.4 Å². The molecule has 6 aromatic carbocycles. The van der Waals surface area contributed by atoms with Gasteiger partial charge in [0, 0.05) is 0 Å². The van der Waals surface area contributed by atoms with Crippen molar-refractivity contribution in [2.45, 2.75) is 82.4 Å². The minimum atomic E-state index is -5.19. The summed E-state index contributed by atoms with van der Waals surface area (Å²) in [5, 5.41) is 18.0. The van der Waals surface area contributed by atoms with E-state index in [-0.39, 0.29) is 41.4 Å². The number of halogens is 6. The van der Waals surface area contributed by atoms with Crippen molar-refractivity contribution >= 4 is 43.4 Å². The average Bonchev–Trinajstić information content (AvgIpc) is 3.26. The number of sulfonamides is 2. The van der Waals surface area contributed by atoms with Gasteiger partial charge in [-0.05, 0) is 165 Å². The van der Waals surface area contributed by atoms with Crippen molar-refractivity contribution in [3.05, 3.63) is 188 Å². The molecule has 0 aromatic heterocycles. The van der Waals surface area contributed by atoms with Gasteiger partial charge in [0.15, 0.2) is 0 Å². The number of carbonyl (C=O) groups is 2. The Labute approximate surface area is 384 Å². The fourth-order valence-electron chi connectivity index (χ4n) is 7.21. The number of carboxylic acids is 2. The molecular weight excluding hydrogens is 923 g/mol. The molecule has 0 bridgehead atoms. The highest BCUT2D eigenvalue weighted by molar-refractivity contribution is 7.93. The first kappa shape index (κ1) is 51.3. The lowest BCUT2D eigenvalue weighted by Gasteiger charge is -2.20. The van der Waals surface area contributed by atoms with Crippen LogP contribution in [0, 0.1) is 34.6 Å². The van der Waals surface area contributed by atoms with E-state index >= 15 is 0 Å². The largest absolute Gasteiger partial charge is 0.478 e. The molecule has 0 amide bonds. The molecule has 0 aliphatic heterocycles. The lowest BCUT2D eigenvalue weighted by atomic mass is 9.95. The Morgan fingerprint density at radius 1 is 0.478 bits per heavy atom. The minimum absolute atomic E-state index is 0.0133. The van der Waals surface area contributed by atoms with Gasteiger partial charge in [-0.1, -0.05) is 60.7 Å². The Morgan fingerprint density at radius 3 is 1.18 bits per heavy atom. The van der Waals surface area contributed by atoms with E-state index in [1.165, 1.54) is 24.3 Å². The van der Waals surface area contributed by atoms with Crippen LogP contribution in [-0.2, 0) is 58.1 Å². The maximum Gasteiger partial charge on any atom is 0.416 e. The fraction of sp³-hybridized carbons (Fsp3) is 0.224. The van der Waals surface area contributed by atoms with Crippen LogP contribution < -0.4 is 9.44 Å². The Balaban J connectivity index is 0.000000252. The van der Waals surface area contributed by atoms with Crippen molar-refractivity contribution in [2.75, 3.05) is 9.44 Å². The number of aromatic carboxylic acids is 2. The zero-order chi connectivity index (χ0) is 49.6. The SMILES string of the molecule is Cc1c(C)c(C)c(S(=O)(=O)Nc2ccccc2CCc2ccc(C(=O)O)cc2)c(C)c1C.O=C(O)c1ccc(CCc2ccccc2NS(=O)(=O)c2cc(C(F)(F)F)cc(C(F)(F)F)c2)cc1. The predicted molar refractivity (Wildman–Crippen MR) is 243 cm³/mol. The monoisotopic (exact) mass is 968 g/mol. The second-order valence-corrected chi connectivity index (χ2v) is 19.0. The van der Waals surface area contributed by atoms with Crippen LogP contribution >= 0.6 is 0 Å². The van der Waals surface area contributed by atoms with Gasteiger partial charge in [-0.15, -0.1) is 0 Å². The van der Waals surface area contributed by atoms with Gasteiger partial charge in [0.25, 0.3) is 20.0 Å². The molecule has 67 heavy (non-hydrogen) atoms. The fourth-order valence-corrected chi connectivity index (χ4v) is 10.1. The molecule has 0 aliphatic carbocycles. The van der Waals surface area contributed by atoms with Crippen LogP contribution in [0.1, 0.15) is 81.9 Å². The maximum atomic E-state index is 13.4. The molecule has 4 N–H and O–H groups in total. The third-order valence-electron chi connectivity index (χ3n) is 11.4. The third-order valence-corrected chi connectivity index (χ3v) is 14.3. The zero-order valence-corrected chi connectivity index (χ0v) is 38.4. The van der Waals surface area contributed by atoms with E-state index in [1.807, 2.05) is 52.8 Å². The average molecular weight is 969 g/mol. The number of hydrogen-bond donors (Lipinski definition) is 4. The minimum Gasteiger partial charge on any atom is -0.478 e. The molecule has 0 fully saturated rings. The normalized spacial score (nSPS) is 11.9. The summed E-state index contributed by atoms with van der Waals surface area (Å²) in [7, 11) is -8.59. The summed E-state index contributed by atoms with van der Waals surface area (Å²) in [6.45, 7) is 9.65. The van der Waals surface area contributed by atoms with Gasteiger partial charge in [-0.2, -0.15) is 26.3 Å². The lowest BCUT2D eigenvalue weighted by Crippen LogP contribution is -2.18. The molecule has 6 rings (SSSR count). The first-order chi connectivity index (χ1) is 31.2. The second kappa shape index (κ2) is 20.5.